The summed E-state index contributed by atoms with van der Waals surface area (Å²) in [6.45, 7) is 2.07. The average molecular weight is 205 g/mol. The van der Waals surface area contributed by atoms with Crippen molar-refractivity contribution < 1.29 is 4.42 Å². The van der Waals surface area contributed by atoms with Crippen LogP contribution in [0.4, 0.5) is 0 Å². The Morgan fingerprint density at radius 1 is 1.21 bits per heavy atom. The quantitative estimate of drug-likeness (QED) is 0.703. The molecule has 3 heteroatoms. The number of thioether (sulfide) groups is 1. The largest absolute Gasteiger partial charge is 0.431 e. The van der Waals surface area contributed by atoms with Crippen molar-refractivity contribution in [3.63, 3.8) is 0 Å². The SMILES string of the molecule is CSc1ncc(-c2ccc(C)cc2)o1. The van der Waals surface area contributed by atoms with Gasteiger partial charge in [0.1, 0.15) is 0 Å². The Kier molecular flexibility index (Phi) is 2.59. The van der Waals surface area contributed by atoms with Crippen molar-refractivity contribution in [3.8, 4) is 11.3 Å². The third-order valence-electron chi connectivity index (χ3n) is 2.00. The molecule has 0 radical (unpaired) electrons. The van der Waals surface area contributed by atoms with Crippen LogP contribution in [0.2, 0.25) is 0 Å². The maximum atomic E-state index is 5.51. The first-order chi connectivity index (χ1) is 6.79. The lowest BCUT2D eigenvalue weighted by Gasteiger charge is -1.96. The third kappa shape index (κ3) is 1.82. The number of benzene rings is 1. The third-order valence-corrected chi connectivity index (χ3v) is 2.53. The Morgan fingerprint density at radius 3 is 2.50 bits per heavy atom. The smallest absolute Gasteiger partial charge is 0.255 e. The van der Waals surface area contributed by atoms with E-state index in [1.807, 2.05) is 18.4 Å². The number of nitrogens with zero attached hydrogens (tertiary/aromatic N) is 1. The van der Waals surface area contributed by atoms with Gasteiger partial charge in [-0.1, -0.05) is 41.6 Å². The topological polar surface area (TPSA) is 26.0 Å². The zero-order chi connectivity index (χ0) is 9.97. The van der Waals surface area contributed by atoms with Crippen LogP contribution in [0.1, 0.15) is 5.56 Å². The summed E-state index contributed by atoms with van der Waals surface area (Å²) >= 11 is 1.51. The van der Waals surface area contributed by atoms with Crippen molar-refractivity contribution in [2.24, 2.45) is 0 Å². The minimum Gasteiger partial charge on any atom is -0.431 e. The minimum atomic E-state index is 0.709. The molecule has 2 rings (SSSR count). The second-order valence-electron chi connectivity index (χ2n) is 3.06. The molecule has 0 saturated heterocycles. The van der Waals surface area contributed by atoms with Crippen molar-refractivity contribution in [1.29, 1.82) is 0 Å². The molecule has 0 aliphatic heterocycles. The molecule has 1 aromatic carbocycles. The molecule has 0 aliphatic rings. The van der Waals surface area contributed by atoms with Gasteiger partial charge in [-0.25, -0.2) is 4.98 Å². The molecule has 1 heterocycles. The Hall–Kier alpha value is -1.22. The molecule has 2 aromatic rings. The second-order valence-corrected chi connectivity index (χ2v) is 3.82. The molecular formula is C11H11NOS. The fourth-order valence-corrected chi connectivity index (χ4v) is 1.53. The summed E-state index contributed by atoms with van der Waals surface area (Å²) in [7, 11) is 0. The molecule has 0 atom stereocenters. The van der Waals surface area contributed by atoms with Gasteiger partial charge in [-0.15, -0.1) is 0 Å². The van der Waals surface area contributed by atoms with Gasteiger partial charge in [0.2, 0.25) is 0 Å². The van der Waals surface area contributed by atoms with E-state index in [0.717, 1.165) is 11.3 Å². The van der Waals surface area contributed by atoms with Crippen molar-refractivity contribution in [2.45, 2.75) is 12.1 Å². The first-order valence-electron chi connectivity index (χ1n) is 4.36. The van der Waals surface area contributed by atoms with Crippen LogP contribution in [0.25, 0.3) is 11.3 Å². The predicted molar refractivity (Wildman–Crippen MR) is 58.5 cm³/mol. The summed E-state index contributed by atoms with van der Waals surface area (Å²) in [5.74, 6) is 0.828. The fourth-order valence-electron chi connectivity index (χ4n) is 1.20. The highest BCUT2D eigenvalue weighted by Gasteiger charge is 2.04. The van der Waals surface area contributed by atoms with E-state index in [-0.39, 0.29) is 0 Å². The van der Waals surface area contributed by atoms with E-state index in [1.165, 1.54) is 17.3 Å². The molecule has 0 fully saturated rings. The van der Waals surface area contributed by atoms with Crippen LogP contribution < -0.4 is 0 Å². The highest BCUT2D eigenvalue weighted by Crippen LogP contribution is 2.24. The molecule has 0 saturated carbocycles. The lowest BCUT2D eigenvalue weighted by Crippen LogP contribution is -1.74. The maximum absolute atomic E-state index is 5.51. The van der Waals surface area contributed by atoms with Crippen molar-refractivity contribution in [2.75, 3.05) is 6.26 Å². The Bertz CT molecular complexity index is 419. The molecule has 2 nitrogen and oxygen atoms in total. The Morgan fingerprint density at radius 2 is 1.93 bits per heavy atom. The van der Waals surface area contributed by atoms with Crippen LogP contribution in [0, 0.1) is 6.92 Å². The zero-order valence-electron chi connectivity index (χ0n) is 8.15. The predicted octanol–water partition coefficient (Wildman–Crippen LogP) is 3.37. The van der Waals surface area contributed by atoms with Crippen molar-refractivity contribution >= 4 is 11.8 Å². The molecular weight excluding hydrogens is 194 g/mol. The molecule has 14 heavy (non-hydrogen) atoms. The van der Waals surface area contributed by atoms with E-state index >= 15 is 0 Å². The fraction of sp³-hybridized carbons (Fsp3) is 0.182. The lowest BCUT2D eigenvalue weighted by molar-refractivity contribution is 0.467. The van der Waals surface area contributed by atoms with E-state index in [2.05, 4.69) is 24.0 Å². The first-order valence-corrected chi connectivity index (χ1v) is 5.59. The highest BCUT2D eigenvalue weighted by molar-refractivity contribution is 7.98. The molecule has 72 valence electrons. The molecule has 0 amide bonds. The molecule has 0 N–H and O–H groups in total. The van der Waals surface area contributed by atoms with Gasteiger partial charge in [0, 0.05) is 5.56 Å². The van der Waals surface area contributed by atoms with Gasteiger partial charge in [-0.2, -0.15) is 0 Å². The molecule has 0 unspecified atom stereocenters. The van der Waals surface area contributed by atoms with Crippen molar-refractivity contribution in [1.82, 2.24) is 4.98 Å². The number of oxazole rings is 1. The molecule has 0 spiro atoms. The standard InChI is InChI=1S/C11H11NOS/c1-8-3-5-9(6-4-8)10-7-12-11(13-10)14-2/h3-7H,1-2H3. The number of aromatic nitrogens is 1. The number of aryl methyl sites for hydroxylation is 1. The van der Waals surface area contributed by atoms with Crippen LogP contribution in [0.3, 0.4) is 0 Å². The van der Waals surface area contributed by atoms with Crippen LogP contribution in [-0.4, -0.2) is 11.2 Å². The van der Waals surface area contributed by atoms with Crippen LogP contribution in [0.5, 0.6) is 0 Å². The normalized spacial score (nSPS) is 10.4. The van der Waals surface area contributed by atoms with Crippen LogP contribution >= 0.6 is 11.8 Å². The summed E-state index contributed by atoms with van der Waals surface area (Å²) < 4.78 is 5.51. The van der Waals surface area contributed by atoms with Gasteiger partial charge in [0.25, 0.3) is 5.22 Å². The summed E-state index contributed by atoms with van der Waals surface area (Å²) in [6.07, 6.45) is 3.71. The van der Waals surface area contributed by atoms with E-state index in [9.17, 15) is 0 Å². The molecule has 0 bridgehead atoms. The maximum Gasteiger partial charge on any atom is 0.255 e. The summed E-state index contributed by atoms with van der Waals surface area (Å²) in [5, 5.41) is 0.709. The minimum absolute atomic E-state index is 0.709. The number of hydrogen-bond acceptors (Lipinski definition) is 3. The first kappa shape index (κ1) is 9.34. The van der Waals surface area contributed by atoms with E-state index in [0.29, 0.717) is 5.22 Å². The monoisotopic (exact) mass is 205 g/mol. The van der Waals surface area contributed by atoms with E-state index in [4.69, 9.17) is 4.42 Å². The van der Waals surface area contributed by atoms with Gasteiger partial charge >= 0.3 is 0 Å². The van der Waals surface area contributed by atoms with Gasteiger partial charge in [0.05, 0.1) is 6.20 Å². The van der Waals surface area contributed by atoms with Crippen LogP contribution in [-0.2, 0) is 0 Å². The van der Waals surface area contributed by atoms with E-state index < -0.39 is 0 Å². The highest BCUT2D eigenvalue weighted by atomic mass is 32.2. The van der Waals surface area contributed by atoms with Gasteiger partial charge in [0.15, 0.2) is 5.76 Å². The summed E-state index contributed by atoms with van der Waals surface area (Å²) in [6, 6.07) is 8.22. The van der Waals surface area contributed by atoms with Crippen LogP contribution in [0.15, 0.2) is 40.1 Å². The van der Waals surface area contributed by atoms with Crippen molar-refractivity contribution in [3.05, 3.63) is 36.0 Å². The second kappa shape index (κ2) is 3.88. The number of rotatable bonds is 2. The summed E-state index contributed by atoms with van der Waals surface area (Å²) in [4.78, 5) is 4.13. The van der Waals surface area contributed by atoms with E-state index in [1.54, 1.807) is 6.20 Å². The molecule has 0 aliphatic carbocycles. The van der Waals surface area contributed by atoms with Gasteiger partial charge in [-0.05, 0) is 13.2 Å². The lowest BCUT2D eigenvalue weighted by atomic mass is 10.1. The Labute approximate surface area is 87.4 Å². The Balaban J connectivity index is 2.34. The van der Waals surface area contributed by atoms with Gasteiger partial charge in [-0.3, -0.25) is 0 Å². The summed E-state index contributed by atoms with van der Waals surface area (Å²) in [5.41, 5.74) is 2.32. The average Bonchev–Trinajstić information content (AvgIpc) is 2.67. The molecule has 1 aromatic heterocycles. The van der Waals surface area contributed by atoms with Gasteiger partial charge < -0.3 is 4.42 Å². The zero-order valence-corrected chi connectivity index (χ0v) is 8.97. The number of hydrogen-bond donors (Lipinski definition) is 0.